The minimum atomic E-state index is 0.623. The van der Waals surface area contributed by atoms with Crippen LogP contribution in [0.1, 0.15) is 10.7 Å². The molecule has 3 aromatic rings. The molecule has 0 radical (unpaired) electrons. The zero-order valence-electron chi connectivity index (χ0n) is 9.38. The number of nitrogens with zero attached hydrogens (tertiary/aromatic N) is 5. The van der Waals surface area contributed by atoms with Gasteiger partial charge in [-0.3, -0.25) is 4.98 Å². The Bertz CT molecular complexity index is 698. The molecule has 0 atom stereocenters. The van der Waals surface area contributed by atoms with E-state index in [1.54, 1.807) is 16.9 Å². The summed E-state index contributed by atoms with van der Waals surface area (Å²) in [4.78, 5) is 4.29. The maximum atomic E-state index is 5.87. The van der Waals surface area contributed by atoms with Crippen LogP contribution in [0.2, 0.25) is 0 Å². The quantitative estimate of drug-likeness (QED) is 0.703. The molecule has 3 rings (SSSR count). The van der Waals surface area contributed by atoms with Gasteiger partial charge >= 0.3 is 0 Å². The molecule has 0 aliphatic carbocycles. The standard InChI is InChI=1S/C10H10N6S/c1-5-8-9(7(11)3-4-12-8)15-16(5)10-14-13-6(2)17-10/h3-4H,11H2,1-2H3. The van der Waals surface area contributed by atoms with Gasteiger partial charge in [-0.25, -0.2) is 4.68 Å². The molecule has 0 fully saturated rings. The van der Waals surface area contributed by atoms with E-state index in [2.05, 4.69) is 20.3 Å². The molecule has 0 aliphatic heterocycles. The zero-order chi connectivity index (χ0) is 12.0. The molecule has 3 heterocycles. The number of anilines is 1. The molecule has 17 heavy (non-hydrogen) atoms. The van der Waals surface area contributed by atoms with Gasteiger partial charge in [0.05, 0.1) is 11.4 Å². The fourth-order valence-electron chi connectivity index (χ4n) is 1.67. The van der Waals surface area contributed by atoms with Crippen LogP contribution in [0.15, 0.2) is 12.3 Å². The lowest BCUT2D eigenvalue weighted by atomic mass is 10.3. The third-order valence-electron chi connectivity index (χ3n) is 2.51. The highest BCUT2D eigenvalue weighted by Crippen LogP contribution is 2.24. The maximum Gasteiger partial charge on any atom is 0.233 e. The van der Waals surface area contributed by atoms with Crippen molar-refractivity contribution in [2.75, 3.05) is 5.73 Å². The fraction of sp³-hybridized carbons (Fsp3) is 0.200. The van der Waals surface area contributed by atoms with E-state index in [-0.39, 0.29) is 0 Å². The lowest BCUT2D eigenvalue weighted by molar-refractivity contribution is 0.828. The van der Waals surface area contributed by atoms with Gasteiger partial charge in [-0.2, -0.15) is 5.10 Å². The van der Waals surface area contributed by atoms with Gasteiger partial charge in [-0.05, 0) is 19.9 Å². The highest BCUT2D eigenvalue weighted by molar-refractivity contribution is 7.13. The molecule has 7 heteroatoms. The summed E-state index contributed by atoms with van der Waals surface area (Å²) in [6.45, 7) is 3.85. The van der Waals surface area contributed by atoms with E-state index in [0.717, 1.165) is 21.3 Å². The van der Waals surface area contributed by atoms with E-state index in [0.29, 0.717) is 11.2 Å². The normalized spacial score (nSPS) is 11.2. The van der Waals surface area contributed by atoms with Gasteiger partial charge in [-0.15, -0.1) is 10.2 Å². The van der Waals surface area contributed by atoms with Crippen molar-refractivity contribution >= 4 is 28.1 Å². The van der Waals surface area contributed by atoms with Gasteiger partial charge in [0.25, 0.3) is 0 Å². The van der Waals surface area contributed by atoms with E-state index in [1.807, 2.05) is 13.8 Å². The predicted octanol–water partition coefficient (Wildman–Crippen LogP) is 1.47. The molecule has 0 saturated heterocycles. The number of nitrogens with two attached hydrogens (primary N) is 1. The summed E-state index contributed by atoms with van der Waals surface area (Å²) in [7, 11) is 0. The minimum absolute atomic E-state index is 0.623. The molecule has 0 aromatic carbocycles. The monoisotopic (exact) mass is 246 g/mol. The van der Waals surface area contributed by atoms with Crippen LogP contribution in [0.25, 0.3) is 16.2 Å². The lowest BCUT2D eigenvalue weighted by Gasteiger charge is -1.95. The number of pyridine rings is 1. The second-order valence-electron chi connectivity index (χ2n) is 3.70. The van der Waals surface area contributed by atoms with Gasteiger partial charge < -0.3 is 5.73 Å². The van der Waals surface area contributed by atoms with Gasteiger partial charge in [0, 0.05) is 6.20 Å². The van der Waals surface area contributed by atoms with Crippen LogP contribution in [0.3, 0.4) is 0 Å². The minimum Gasteiger partial charge on any atom is -0.397 e. The van der Waals surface area contributed by atoms with Crippen LogP contribution < -0.4 is 5.73 Å². The first-order valence-electron chi connectivity index (χ1n) is 5.07. The average Bonchev–Trinajstić information content (AvgIpc) is 2.85. The van der Waals surface area contributed by atoms with Crippen molar-refractivity contribution in [3.8, 4) is 5.13 Å². The highest BCUT2D eigenvalue weighted by Gasteiger charge is 2.14. The molecule has 6 nitrogen and oxygen atoms in total. The smallest absolute Gasteiger partial charge is 0.233 e. The molecule has 3 aromatic heterocycles. The topological polar surface area (TPSA) is 82.5 Å². The van der Waals surface area contributed by atoms with Crippen LogP contribution in [0.4, 0.5) is 5.69 Å². The third-order valence-corrected chi connectivity index (χ3v) is 3.33. The van der Waals surface area contributed by atoms with Gasteiger partial charge in [0.1, 0.15) is 16.0 Å². The molecule has 0 amide bonds. The summed E-state index contributed by atoms with van der Waals surface area (Å²) < 4.78 is 1.73. The first-order chi connectivity index (χ1) is 8.16. The molecule has 0 unspecified atom stereocenters. The number of fused-ring (bicyclic) bond motifs is 1. The van der Waals surface area contributed by atoms with Crippen molar-refractivity contribution in [3.05, 3.63) is 23.0 Å². The average molecular weight is 246 g/mol. The van der Waals surface area contributed by atoms with Crippen LogP contribution in [0, 0.1) is 13.8 Å². The number of hydrogen-bond donors (Lipinski definition) is 1. The molecule has 86 valence electrons. The van der Waals surface area contributed by atoms with Crippen molar-refractivity contribution in [1.82, 2.24) is 25.0 Å². The predicted molar refractivity (Wildman–Crippen MR) is 66.2 cm³/mol. The molecule has 0 bridgehead atoms. The van der Waals surface area contributed by atoms with E-state index in [4.69, 9.17) is 5.73 Å². The molecular weight excluding hydrogens is 236 g/mol. The Morgan fingerprint density at radius 1 is 1.24 bits per heavy atom. The number of nitrogen functional groups attached to an aromatic ring is 1. The second-order valence-corrected chi connectivity index (χ2v) is 4.86. The number of aromatic nitrogens is 5. The Balaban J connectivity index is 2.31. The van der Waals surface area contributed by atoms with E-state index < -0.39 is 0 Å². The summed E-state index contributed by atoms with van der Waals surface area (Å²) in [6, 6.07) is 1.74. The largest absolute Gasteiger partial charge is 0.397 e. The second kappa shape index (κ2) is 3.49. The Morgan fingerprint density at radius 2 is 2.06 bits per heavy atom. The van der Waals surface area contributed by atoms with Crippen molar-refractivity contribution in [2.45, 2.75) is 13.8 Å². The van der Waals surface area contributed by atoms with Crippen molar-refractivity contribution < 1.29 is 0 Å². The van der Waals surface area contributed by atoms with E-state index in [9.17, 15) is 0 Å². The van der Waals surface area contributed by atoms with Gasteiger partial charge in [0.15, 0.2) is 0 Å². The van der Waals surface area contributed by atoms with Crippen LogP contribution in [-0.4, -0.2) is 25.0 Å². The maximum absolute atomic E-state index is 5.87. The third kappa shape index (κ3) is 1.47. The number of rotatable bonds is 1. The Kier molecular flexibility index (Phi) is 2.08. The first-order valence-corrected chi connectivity index (χ1v) is 5.89. The van der Waals surface area contributed by atoms with Crippen LogP contribution in [-0.2, 0) is 0 Å². The van der Waals surface area contributed by atoms with Gasteiger partial charge in [0.2, 0.25) is 5.13 Å². The Labute approximate surface area is 101 Å². The molecule has 0 aliphatic rings. The van der Waals surface area contributed by atoms with Crippen molar-refractivity contribution in [1.29, 1.82) is 0 Å². The Morgan fingerprint density at radius 3 is 2.71 bits per heavy atom. The summed E-state index contributed by atoms with van der Waals surface area (Å²) in [5.41, 5.74) is 8.93. The van der Waals surface area contributed by atoms with Crippen molar-refractivity contribution in [2.24, 2.45) is 0 Å². The summed E-state index contributed by atoms with van der Waals surface area (Å²) in [6.07, 6.45) is 1.68. The summed E-state index contributed by atoms with van der Waals surface area (Å²) in [5.74, 6) is 0. The number of aryl methyl sites for hydroxylation is 2. The number of hydrogen-bond acceptors (Lipinski definition) is 6. The fourth-order valence-corrected chi connectivity index (χ4v) is 2.36. The first kappa shape index (κ1) is 10.2. The molecule has 0 saturated carbocycles. The van der Waals surface area contributed by atoms with E-state index in [1.165, 1.54) is 11.3 Å². The zero-order valence-corrected chi connectivity index (χ0v) is 10.2. The molecule has 0 spiro atoms. The van der Waals surface area contributed by atoms with Gasteiger partial charge in [-0.1, -0.05) is 11.3 Å². The van der Waals surface area contributed by atoms with Crippen LogP contribution in [0.5, 0.6) is 0 Å². The van der Waals surface area contributed by atoms with Crippen molar-refractivity contribution in [3.63, 3.8) is 0 Å². The lowest BCUT2D eigenvalue weighted by Crippen LogP contribution is -1.98. The van der Waals surface area contributed by atoms with Crippen LogP contribution >= 0.6 is 11.3 Å². The summed E-state index contributed by atoms with van der Waals surface area (Å²) in [5, 5.41) is 14.1. The Hall–Kier alpha value is -2.02. The highest BCUT2D eigenvalue weighted by atomic mass is 32.1. The molecule has 2 N–H and O–H groups in total. The SMILES string of the molecule is Cc1nnc(-n2nc3c(N)ccnc3c2C)s1. The van der Waals surface area contributed by atoms with E-state index >= 15 is 0 Å². The summed E-state index contributed by atoms with van der Waals surface area (Å²) >= 11 is 1.49. The molecular formula is C10H10N6S.